The van der Waals surface area contributed by atoms with Gasteiger partial charge in [0.2, 0.25) is 0 Å². The molecule has 1 amide bonds. The molecule has 0 aliphatic heterocycles. The monoisotopic (exact) mass is 382 g/mol. The summed E-state index contributed by atoms with van der Waals surface area (Å²) < 4.78 is 46.5. The van der Waals surface area contributed by atoms with E-state index in [4.69, 9.17) is 4.74 Å². The molecule has 146 valence electrons. The van der Waals surface area contributed by atoms with E-state index < -0.39 is 18.8 Å². The van der Waals surface area contributed by atoms with Crippen molar-refractivity contribution in [2.75, 3.05) is 13.2 Å². The van der Waals surface area contributed by atoms with Crippen LogP contribution in [0.25, 0.3) is 0 Å². The van der Waals surface area contributed by atoms with Gasteiger partial charge >= 0.3 is 6.18 Å². The molecule has 1 N–H and O–H groups in total. The third-order valence-corrected chi connectivity index (χ3v) is 3.67. The van der Waals surface area contributed by atoms with Crippen molar-refractivity contribution in [1.82, 2.24) is 10.3 Å². The lowest BCUT2D eigenvalue weighted by atomic mass is 10.1. The van der Waals surface area contributed by atoms with E-state index in [-0.39, 0.29) is 18.3 Å². The highest BCUT2D eigenvalue weighted by molar-refractivity contribution is 5.78. The normalized spacial score (nSPS) is 12.4. The molecule has 5 nitrogen and oxygen atoms in total. The predicted octanol–water partition coefficient (Wildman–Crippen LogP) is 3.90. The molecule has 0 saturated carbocycles. The van der Waals surface area contributed by atoms with Crippen molar-refractivity contribution in [1.29, 1.82) is 0 Å². The van der Waals surface area contributed by atoms with Crippen molar-refractivity contribution < 1.29 is 27.4 Å². The van der Waals surface area contributed by atoms with Gasteiger partial charge in [-0.2, -0.15) is 13.2 Å². The van der Waals surface area contributed by atoms with Crippen LogP contribution in [0.5, 0.6) is 11.5 Å². The van der Waals surface area contributed by atoms with Crippen LogP contribution in [0.2, 0.25) is 0 Å². The predicted molar refractivity (Wildman–Crippen MR) is 93.8 cm³/mol. The molecule has 0 fully saturated rings. The molecule has 27 heavy (non-hydrogen) atoms. The van der Waals surface area contributed by atoms with Crippen LogP contribution in [0.15, 0.2) is 36.5 Å². The van der Waals surface area contributed by atoms with Gasteiger partial charge in [0.05, 0.1) is 17.9 Å². The number of nitrogens with one attached hydrogen (secondary N) is 1. The first kappa shape index (κ1) is 20.5. The molecule has 1 heterocycles. The van der Waals surface area contributed by atoms with Gasteiger partial charge < -0.3 is 14.8 Å². The number of aromatic nitrogens is 1. The summed E-state index contributed by atoms with van der Waals surface area (Å²) in [6, 6.07) is 8.11. The Morgan fingerprint density at radius 1 is 1.19 bits per heavy atom. The van der Waals surface area contributed by atoms with Gasteiger partial charge in [0.25, 0.3) is 5.91 Å². The van der Waals surface area contributed by atoms with Gasteiger partial charge in [0.1, 0.15) is 11.5 Å². The minimum absolute atomic E-state index is 0.00720. The molecule has 1 aromatic carbocycles. The molecule has 0 saturated heterocycles. The van der Waals surface area contributed by atoms with Crippen LogP contribution in [-0.4, -0.2) is 30.3 Å². The second-order valence-electron chi connectivity index (χ2n) is 6.17. The first-order chi connectivity index (χ1) is 12.6. The summed E-state index contributed by atoms with van der Waals surface area (Å²) in [6.07, 6.45) is -3.22. The molecule has 0 aliphatic rings. The second-order valence-corrected chi connectivity index (χ2v) is 6.17. The van der Waals surface area contributed by atoms with Crippen LogP contribution in [0.3, 0.4) is 0 Å². The Morgan fingerprint density at radius 3 is 2.52 bits per heavy atom. The zero-order valence-electron chi connectivity index (χ0n) is 15.3. The number of ether oxygens (including phenoxy) is 2. The summed E-state index contributed by atoms with van der Waals surface area (Å²) in [6.45, 7) is 4.05. The van der Waals surface area contributed by atoms with Gasteiger partial charge in [-0.05, 0) is 44.5 Å². The molecule has 1 unspecified atom stereocenters. The number of amides is 1. The maximum atomic E-state index is 12.1. The highest BCUT2D eigenvalue weighted by Crippen LogP contribution is 2.20. The number of halogens is 3. The van der Waals surface area contributed by atoms with Gasteiger partial charge in [-0.1, -0.05) is 17.7 Å². The number of nitrogens with zero attached hydrogens (tertiary/aromatic N) is 1. The minimum Gasteiger partial charge on any atom is -0.484 e. The zero-order chi connectivity index (χ0) is 20.0. The largest absolute Gasteiger partial charge is 0.484 e. The highest BCUT2D eigenvalue weighted by Gasteiger charge is 2.28. The van der Waals surface area contributed by atoms with Crippen LogP contribution in [0.4, 0.5) is 13.2 Å². The molecule has 2 rings (SSSR count). The fourth-order valence-corrected chi connectivity index (χ4v) is 2.36. The van der Waals surface area contributed by atoms with Crippen molar-refractivity contribution in [3.05, 3.63) is 53.3 Å². The lowest BCUT2D eigenvalue weighted by Crippen LogP contribution is -2.31. The Hall–Kier alpha value is -2.77. The summed E-state index contributed by atoms with van der Waals surface area (Å²) >= 11 is 0. The quantitative estimate of drug-likeness (QED) is 0.789. The standard InChI is InChI=1S/C19H21F3N2O3/c1-12-4-7-17(13(2)8-12)26-10-18(25)24-14(3)16-6-5-15(9-23-16)27-11-19(20,21)22/h4-9,14H,10-11H2,1-3H3,(H,24,25). The SMILES string of the molecule is Cc1ccc(OCC(=O)NC(C)c2ccc(OCC(F)(F)F)cn2)c(C)c1. The number of aryl methyl sites for hydroxylation is 2. The van der Waals surface area contributed by atoms with Crippen LogP contribution >= 0.6 is 0 Å². The third kappa shape index (κ3) is 6.80. The first-order valence-electron chi connectivity index (χ1n) is 8.29. The zero-order valence-corrected chi connectivity index (χ0v) is 15.3. The van der Waals surface area contributed by atoms with Gasteiger partial charge in [-0.3, -0.25) is 9.78 Å². The van der Waals surface area contributed by atoms with Crippen molar-refractivity contribution in [3.8, 4) is 11.5 Å². The van der Waals surface area contributed by atoms with E-state index in [1.54, 1.807) is 6.92 Å². The molecule has 0 aliphatic carbocycles. The van der Waals surface area contributed by atoms with E-state index in [1.807, 2.05) is 32.0 Å². The average Bonchev–Trinajstić information content (AvgIpc) is 2.59. The van der Waals surface area contributed by atoms with E-state index in [1.165, 1.54) is 18.3 Å². The van der Waals surface area contributed by atoms with Crippen LogP contribution < -0.4 is 14.8 Å². The van der Waals surface area contributed by atoms with Crippen molar-refractivity contribution in [2.45, 2.75) is 33.0 Å². The molecule has 0 bridgehead atoms. The van der Waals surface area contributed by atoms with Crippen LogP contribution in [0.1, 0.15) is 29.8 Å². The van der Waals surface area contributed by atoms with E-state index in [9.17, 15) is 18.0 Å². The maximum absolute atomic E-state index is 12.1. The molecule has 2 aromatic rings. The van der Waals surface area contributed by atoms with E-state index in [0.29, 0.717) is 11.4 Å². The number of benzene rings is 1. The number of alkyl halides is 3. The van der Waals surface area contributed by atoms with E-state index in [2.05, 4.69) is 15.0 Å². The summed E-state index contributed by atoms with van der Waals surface area (Å²) in [7, 11) is 0. The third-order valence-electron chi connectivity index (χ3n) is 3.67. The molecule has 0 spiro atoms. The van der Waals surface area contributed by atoms with Crippen molar-refractivity contribution in [3.63, 3.8) is 0 Å². The number of pyridine rings is 1. The van der Waals surface area contributed by atoms with Crippen LogP contribution in [-0.2, 0) is 4.79 Å². The Bertz CT molecular complexity index is 777. The second kappa shape index (κ2) is 8.75. The van der Waals surface area contributed by atoms with Gasteiger partial charge in [0.15, 0.2) is 13.2 Å². The number of hydrogen-bond acceptors (Lipinski definition) is 4. The lowest BCUT2D eigenvalue weighted by Gasteiger charge is -2.15. The summed E-state index contributed by atoms with van der Waals surface area (Å²) in [5, 5.41) is 2.73. The van der Waals surface area contributed by atoms with E-state index in [0.717, 1.165) is 11.1 Å². The topological polar surface area (TPSA) is 60.5 Å². The Balaban J connectivity index is 1.84. The number of carbonyl (C=O) groups is 1. The Labute approximate surface area is 155 Å². The summed E-state index contributed by atoms with van der Waals surface area (Å²) in [5.41, 5.74) is 2.54. The smallest absolute Gasteiger partial charge is 0.422 e. The maximum Gasteiger partial charge on any atom is 0.422 e. The fourth-order valence-electron chi connectivity index (χ4n) is 2.36. The average molecular weight is 382 g/mol. The number of carbonyl (C=O) groups excluding carboxylic acids is 1. The first-order valence-corrected chi connectivity index (χ1v) is 8.29. The fraction of sp³-hybridized carbons (Fsp3) is 0.368. The Kier molecular flexibility index (Phi) is 6.65. The van der Waals surface area contributed by atoms with Gasteiger partial charge in [-0.25, -0.2) is 0 Å². The number of rotatable bonds is 7. The van der Waals surface area contributed by atoms with Crippen molar-refractivity contribution >= 4 is 5.91 Å². The van der Waals surface area contributed by atoms with E-state index >= 15 is 0 Å². The molecular weight excluding hydrogens is 361 g/mol. The number of hydrogen-bond donors (Lipinski definition) is 1. The minimum atomic E-state index is -4.41. The highest BCUT2D eigenvalue weighted by atomic mass is 19.4. The summed E-state index contributed by atoms with van der Waals surface area (Å²) in [4.78, 5) is 16.1. The molecule has 0 radical (unpaired) electrons. The van der Waals surface area contributed by atoms with Gasteiger partial charge in [0, 0.05) is 0 Å². The molecule has 1 aromatic heterocycles. The van der Waals surface area contributed by atoms with Crippen LogP contribution in [0, 0.1) is 13.8 Å². The summed E-state index contributed by atoms with van der Waals surface area (Å²) in [5.74, 6) is 0.308. The van der Waals surface area contributed by atoms with Crippen molar-refractivity contribution in [2.24, 2.45) is 0 Å². The molecular formula is C19H21F3N2O3. The molecule has 1 atom stereocenters. The lowest BCUT2D eigenvalue weighted by molar-refractivity contribution is -0.153. The molecule has 8 heteroatoms. The Morgan fingerprint density at radius 2 is 1.93 bits per heavy atom. The van der Waals surface area contributed by atoms with Gasteiger partial charge in [-0.15, -0.1) is 0 Å².